The van der Waals surface area contributed by atoms with E-state index in [1.807, 2.05) is 133 Å². The lowest BCUT2D eigenvalue weighted by atomic mass is 10.0. The van der Waals surface area contributed by atoms with Crippen molar-refractivity contribution in [2.24, 2.45) is 4.99 Å². The Labute approximate surface area is 286 Å². The van der Waals surface area contributed by atoms with Crippen molar-refractivity contribution in [3.05, 3.63) is 173 Å². The molecule has 5 aromatic carbocycles. The van der Waals surface area contributed by atoms with Crippen LogP contribution in [-0.2, 0) is 24.4 Å². The van der Waals surface area contributed by atoms with Crippen molar-refractivity contribution in [3.8, 4) is 11.5 Å². The van der Waals surface area contributed by atoms with Crippen molar-refractivity contribution in [2.45, 2.75) is 25.7 Å². The summed E-state index contributed by atoms with van der Waals surface area (Å²) in [5.74, 6) is 1.18. The summed E-state index contributed by atoms with van der Waals surface area (Å²) in [6.07, 6.45) is 1.80. The lowest BCUT2D eigenvalue weighted by molar-refractivity contribution is 0.0999. The second kappa shape index (κ2) is 15.6. The summed E-state index contributed by atoms with van der Waals surface area (Å²) in [4.78, 5) is 35.3. The summed E-state index contributed by atoms with van der Waals surface area (Å²) in [6, 6.07) is 43.4. The lowest BCUT2D eigenvalue weighted by Gasteiger charge is -2.20. The maximum atomic E-state index is 14.0. The number of benzene rings is 5. The second-order valence-corrected chi connectivity index (χ2v) is 11.5. The number of carbonyl (C=O) groups excluding carboxylic acids is 2. The number of rotatable bonds is 10. The molecule has 0 radical (unpaired) electrons. The summed E-state index contributed by atoms with van der Waals surface area (Å²) in [5.41, 5.74) is 4.82. The molecule has 8 nitrogen and oxygen atoms in total. The number of likely N-dealkylation sites (N-methyl/N-ethyl adjacent to an activating group) is 1. The third kappa shape index (κ3) is 8.23. The minimum Gasteiger partial charge on any atom is -0.497 e. The summed E-state index contributed by atoms with van der Waals surface area (Å²) in [7, 11) is 3.45. The van der Waals surface area contributed by atoms with Crippen LogP contribution in [0.3, 0.4) is 0 Å². The Morgan fingerprint density at radius 2 is 1.27 bits per heavy atom. The molecule has 246 valence electrons. The standard InChI is InChI=1S/C41H37N3O5/c1-43-37(26-30-20-24-36(25-21-30)48-28-32-12-6-3-7-13-32)38(27-31-18-22-35(47-2)23-19-31)44(41(46)49-29-33-14-8-4-9-15-33)40(43)42-39(45)34-16-10-5-11-17-34/h3-25,27,37H,26,28-29H2,1-2H3/b38-27-,42-40-. The average molecular weight is 652 g/mol. The molecule has 6 rings (SSSR count). The van der Waals surface area contributed by atoms with E-state index in [0.29, 0.717) is 30.0 Å². The van der Waals surface area contributed by atoms with Gasteiger partial charge in [-0.1, -0.05) is 103 Å². The Morgan fingerprint density at radius 3 is 1.88 bits per heavy atom. The topological polar surface area (TPSA) is 80.7 Å². The minimum absolute atomic E-state index is 0.0602. The van der Waals surface area contributed by atoms with Crippen molar-refractivity contribution in [2.75, 3.05) is 14.2 Å². The molecule has 0 aromatic heterocycles. The SMILES string of the molecule is COc1ccc(/C=C2/C(Cc3ccc(OCc4ccccc4)cc3)N(C)/C(=N/C(=O)c3ccccc3)N2C(=O)OCc2ccccc2)cc1. The van der Waals surface area contributed by atoms with Crippen molar-refractivity contribution >= 4 is 24.0 Å². The highest BCUT2D eigenvalue weighted by Gasteiger charge is 2.43. The minimum atomic E-state index is -0.637. The molecule has 1 aliphatic rings. The van der Waals surface area contributed by atoms with Crippen LogP contribution in [0.15, 0.2) is 150 Å². The summed E-state index contributed by atoms with van der Waals surface area (Å²) < 4.78 is 17.2. The van der Waals surface area contributed by atoms with Gasteiger partial charge in [0, 0.05) is 12.6 Å². The van der Waals surface area contributed by atoms with E-state index in [0.717, 1.165) is 28.0 Å². The number of nitrogens with zero attached hydrogens (tertiary/aromatic N) is 3. The average Bonchev–Trinajstić information content (AvgIpc) is 3.40. The zero-order valence-electron chi connectivity index (χ0n) is 27.4. The molecule has 0 saturated carbocycles. The smallest absolute Gasteiger partial charge is 0.421 e. The van der Waals surface area contributed by atoms with Crippen LogP contribution in [0.2, 0.25) is 0 Å². The van der Waals surface area contributed by atoms with Gasteiger partial charge in [0.05, 0.1) is 18.8 Å². The fourth-order valence-electron chi connectivity index (χ4n) is 5.55. The van der Waals surface area contributed by atoms with Crippen LogP contribution in [0.1, 0.15) is 32.6 Å². The first-order valence-corrected chi connectivity index (χ1v) is 16.0. The van der Waals surface area contributed by atoms with Gasteiger partial charge in [0.1, 0.15) is 24.7 Å². The number of hydrogen-bond donors (Lipinski definition) is 0. The molecule has 0 aliphatic carbocycles. The van der Waals surface area contributed by atoms with Crippen LogP contribution < -0.4 is 9.47 Å². The molecule has 1 heterocycles. The normalized spacial score (nSPS) is 15.8. The van der Waals surface area contributed by atoms with E-state index in [9.17, 15) is 9.59 Å². The molecule has 0 N–H and O–H groups in total. The van der Waals surface area contributed by atoms with Gasteiger partial charge >= 0.3 is 6.09 Å². The number of carbonyl (C=O) groups is 2. The fourth-order valence-corrected chi connectivity index (χ4v) is 5.55. The number of hydrogen-bond acceptors (Lipinski definition) is 5. The van der Waals surface area contributed by atoms with Gasteiger partial charge in [0.15, 0.2) is 0 Å². The fraction of sp³-hybridized carbons (Fsp3) is 0.146. The molecule has 0 bridgehead atoms. The highest BCUT2D eigenvalue weighted by molar-refractivity contribution is 6.08. The zero-order chi connectivity index (χ0) is 34.0. The molecule has 1 atom stereocenters. The first kappa shape index (κ1) is 32.8. The molecular formula is C41H37N3O5. The van der Waals surface area contributed by atoms with Crippen molar-refractivity contribution < 1.29 is 23.8 Å². The third-order valence-electron chi connectivity index (χ3n) is 8.22. The van der Waals surface area contributed by atoms with Gasteiger partial charge in [0.2, 0.25) is 5.96 Å². The van der Waals surface area contributed by atoms with E-state index in [-0.39, 0.29) is 18.6 Å². The van der Waals surface area contributed by atoms with E-state index in [2.05, 4.69) is 4.99 Å². The molecule has 1 fully saturated rings. The van der Waals surface area contributed by atoms with E-state index in [1.54, 1.807) is 31.4 Å². The maximum absolute atomic E-state index is 14.0. The third-order valence-corrected chi connectivity index (χ3v) is 8.22. The Balaban J connectivity index is 1.35. The van der Waals surface area contributed by atoms with Crippen molar-refractivity contribution in [1.29, 1.82) is 0 Å². The Morgan fingerprint density at radius 1 is 0.694 bits per heavy atom. The summed E-state index contributed by atoms with van der Waals surface area (Å²) in [5, 5.41) is 0. The van der Waals surface area contributed by atoms with Crippen LogP contribution in [0.5, 0.6) is 11.5 Å². The van der Waals surface area contributed by atoms with Gasteiger partial charge in [-0.05, 0) is 71.1 Å². The van der Waals surface area contributed by atoms with Gasteiger partial charge in [-0.15, -0.1) is 0 Å². The van der Waals surface area contributed by atoms with Gasteiger partial charge in [-0.3, -0.25) is 4.79 Å². The van der Waals surface area contributed by atoms with Crippen LogP contribution in [-0.4, -0.2) is 48.0 Å². The molecule has 49 heavy (non-hydrogen) atoms. The predicted octanol–water partition coefficient (Wildman–Crippen LogP) is 8.01. The number of aliphatic imine (C=N–C) groups is 1. The number of guanidine groups is 1. The largest absolute Gasteiger partial charge is 0.497 e. The highest BCUT2D eigenvalue weighted by atomic mass is 16.6. The summed E-state index contributed by atoms with van der Waals surface area (Å²) in [6.45, 7) is 0.528. The molecule has 8 heteroatoms. The van der Waals surface area contributed by atoms with Crippen molar-refractivity contribution in [3.63, 3.8) is 0 Å². The van der Waals surface area contributed by atoms with Gasteiger partial charge < -0.3 is 19.1 Å². The molecule has 5 aromatic rings. The lowest BCUT2D eigenvalue weighted by Crippen LogP contribution is -2.37. The van der Waals surface area contributed by atoms with Crippen LogP contribution in [0, 0.1) is 0 Å². The quantitative estimate of drug-likeness (QED) is 0.152. The first-order valence-electron chi connectivity index (χ1n) is 16.0. The monoisotopic (exact) mass is 651 g/mol. The Bertz CT molecular complexity index is 1910. The number of amides is 2. The molecule has 0 spiro atoms. The van der Waals surface area contributed by atoms with E-state index >= 15 is 0 Å². The maximum Gasteiger partial charge on any atom is 0.421 e. The zero-order valence-corrected chi connectivity index (χ0v) is 27.4. The molecule has 1 unspecified atom stereocenters. The van der Waals surface area contributed by atoms with E-state index in [4.69, 9.17) is 14.2 Å². The van der Waals surface area contributed by atoms with E-state index < -0.39 is 12.0 Å². The molecule has 2 amide bonds. The molecule has 1 aliphatic heterocycles. The van der Waals surface area contributed by atoms with E-state index in [1.165, 1.54) is 4.90 Å². The van der Waals surface area contributed by atoms with Crippen LogP contribution >= 0.6 is 0 Å². The van der Waals surface area contributed by atoms with Crippen LogP contribution in [0.4, 0.5) is 4.79 Å². The number of ether oxygens (including phenoxy) is 3. The predicted molar refractivity (Wildman–Crippen MR) is 190 cm³/mol. The number of methoxy groups -OCH3 is 1. The highest BCUT2D eigenvalue weighted by Crippen LogP contribution is 2.32. The molecule has 1 saturated heterocycles. The van der Waals surface area contributed by atoms with Crippen LogP contribution in [0.25, 0.3) is 6.08 Å². The summed E-state index contributed by atoms with van der Waals surface area (Å²) >= 11 is 0. The second-order valence-electron chi connectivity index (χ2n) is 11.5. The van der Waals surface area contributed by atoms with Gasteiger partial charge in [-0.2, -0.15) is 4.99 Å². The van der Waals surface area contributed by atoms with Gasteiger partial charge in [0.25, 0.3) is 5.91 Å². The van der Waals surface area contributed by atoms with Gasteiger partial charge in [-0.25, -0.2) is 9.69 Å². The first-order chi connectivity index (χ1) is 24.0. The Hall–Kier alpha value is -6.15. The molecular weight excluding hydrogens is 614 g/mol. The Kier molecular flexibility index (Phi) is 10.5. The van der Waals surface area contributed by atoms with Crippen molar-refractivity contribution in [1.82, 2.24) is 9.80 Å².